The molecule has 3 rings (SSSR count). The highest BCUT2D eigenvalue weighted by Crippen LogP contribution is 2.27. The van der Waals surface area contributed by atoms with Gasteiger partial charge in [0.25, 0.3) is 0 Å². The summed E-state index contributed by atoms with van der Waals surface area (Å²) in [4.78, 5) is 16.7. The summed E-state index contributed by atoms with van der Waals surface area (Å²) in [7, 11) is 0. The number of hydrogen-bond acceptors (Lipinski definition) is 3. The number of hydrogen-bond donors (Lipinski definition) is 1. The van der Waals surface area contributed by atoms with Crippen molar-refractivity contribution in [1.29, 1.82) is 0 Å². The first-order valence-electron chi connectivity index (χ1n) is 7.92. The number of rotatable bonds is 4. The Hall–Kier alpha value is -1.78. The molecule has 5 heteroatoms. The predicted octanol–water partition coefficient (Wildman–Crippen LogP) is 4.93. The number of nitrogens with zero attached hydrogens (tertiary/aromatic N) is 1. The molecule has 1 heterocycles. The van der Waals surface area contributed by atoms with Crippen LogP contribution in [0.5, 0.6) is 0 Å². The molecule has 1 amide bonds. The van der Waals surface area contributed by atoms with Crippen molar-refractivity contribution in [2.45, 2.75) is 31.4 Å². The lowest BCUT2D eigenvalue weighted by molar-refractivity contribution is -0.118. The van der Waals surface area contributed by atoms with Crippen LogP contribution in [0.4, 0.5) is 5.69 Å². The second kappa shape index (κ2) is 7.41. The lowest BCUT2D eigenvalue weighted by atomic mass is 10.0. The Kier molecular flexibility index (Phi) is 5.27. The number of carbonyl (C=O) groups is 1. The molecule has 1 saturated heterocycles. The van der Waals surface area contributed by atoms with E-state index in [1.54, 1.807) is 0 Å². The molecule has 0 spiro atoms. The molecule has 2 aromatic carbocycles. The van der Waals surface area contributed by atoms with Crippen LogP contribution in [-0.4, -0.2) is 16.3 Å². The van der Waals surface area contributed by atoms with Crippen molar-refractivity contribution < 1.29 is 4.79 Å². The first-order valence-corrected chi connectivity index (χ1v) is 9.17. The van der Waals surface area contributed by atoms with Gasteiger partial charge in [-0.25, -0.2) is 4.99 Å². The molecule has 0 saturated carbocycles. The van der Waals surface area contributed by atoms with E-state index in [0.29, 0.717) is 22.5 Å². The predicted molar refractivity (Wildman–Crippen MR) is 102 cm³/mol. The number of aliphatic imine (C=N–C) groups is 1. The molecular formula is C19H19ClN2OS. The van der Waals surface area contributed by atoms with Crippen molar-refractivity contribution in [3.8, 4) is 0 Å². The van der Waals surface area contributed by atoms with Gasteiger partial charge in [-0.1, -0.05) is 61.5 Å². The monoisotopic (exact) mass is 358 g/mol. The van der Waals surface area contributed by atoms with Crippen LogP contribution < -0.4 is 5.32 Å². The van der Waals surface area contributed by atoms with Gasteiger partial charge in [0.05, 0.1) is 10.9 Å². The van der Waals surface area contributed by atoms with E-state index >= 15 is 0 Å². The highest BCUT2D eigenvalue weighted by atomic mass is 35.5. The number of halogens is 1. The van der Waals surface area contributed by atoms with Gasteiger partial charge in [-0.2, -0.15) is 0 Å². The topological polar surface area (TPSA) is 41.5 Å². The average Bonchev–Trinajstić information content (AvgIpc) is 2.87. The second-order valence-electron chi connectivity index (χ2n) is 6.09. The molecule has 1 aliphatic heterocycles. The minimum atomic E-state index is -0.169. The van der Waals surface area contributed by atoms with E-state index in [0.717, 1.165) is 11.3 Å². The Morgan fingerprint density at radius 1 is 1.21 bits per heavy atom. The summed E-state index contributed by atoms with van der Waals surface area (Å²) in [5, 5.41) is 4.04. The molecular weight excluding hydrogens is 340 g/mol. The quantitative estimate of drug-likeness (QED) is 0.842. The molecule has 0 unspecified atom stereocenters. The third-order valence-corrected chi connectivity index (χ3v) is 5.19. The molecule has 3 nitrogen and oxygen atoms in total. The average molecular weight is 359 g/mol. The van der Waals surface area contributed by atoms with Gasteiger partial charge in [-0.05, 0) is 47.7 Å². The molecule has 1 atom stereocenters. The Bertz CT molecular complexity index is 771. The van der Waals surface area contributed by atoms with Gasteiger partial charge < -0.3 is 5.32 Å². The van der Waals surface area contributed by atoms with Gasteiger partial charge in [-0.3, -0.25) is 4.79 Å². The zero-order chi connectivity index (χ0) is 17.1. The van der Waals surface area contributed by atoms with Gasteiger partial charge in [0.2, 0.25) is 5.91 Å². The SMILES string of the molecule is CC(C)c1ccc(N=C2NC(=O)[C@@H](Cc3cccc(Cl)c3)S2)cc1. The molecule has 1 fully saturated rings. The van der Waals surface area contributed by atoms with Crippen molar-refractivity contribution in [2.24, 2.45) is 4.99 Å². The molecule has 0 radical (unpaired) electrons. The van der Waals surface area contributed by atoms with Crippen molar-refractivity contribution in [3.63, 3.8) is 0 Å². The summed E-state index contributed by atoms with van der Waals surface area (Å²) in [5.74, 6) is 0.492. The molecule has 24 heavy (non-hydrogen) atoms. The molecule has 0 bridgehead atoms. The Balaban J connectivity index is 1.69. The number of benzene rings is 2. The van der Waals surface area contributed by atoms with Crippen LogP contribution in [0.15, 0.2) is 53.5 Å². The fourth-order valence-electron chi connectivity index (χ4n) is 2.52. The highest BCUT2D eigenvalue weighted by Gasteiger charge is 2.30. The smallest absolute Gasteiger partial charge is 0.239 e. The number of nitrogens with one attached hydrogen (secondary N) is 1. The maximum atomic E-state index is 12.2. The number of carbonyl (C=O) groups excluding carboxylic acids is 1. The van der Waals surface area contributed by atoms with E-state index in [1.807, 2.05) is 36.4 Å². The Morgan fingerprint density at radius 3 is 2.62 bits per heavy atom. The second-order valence-corrected chi connectivity index (χ2v) is 7.72. The zero-order valence-corrected chi connectivity index (χ0v) is 15.2. The van der Waals surface area contributed by atoms with Gasteiger partial charge >= 0.3 is 0 Å². The lowest BCUT2D eigenvalue weighted by Crippen LogP contribution is -2.25. The van der Waals surface area contributed by atoms with Crippen LogP contribution in [0.25, 0.3) is 0 Å². The van der Waals surface area contributed by atoms with Crippen molar-refractivity contribution in [1.82, 2.24) is 5.32 Å². The first kappa shape index (κ1) is 17.1. The summed E-state index contributed by atoms with van der Waals surface area (Å²) >= 11 is 7.48. The summed E-state index contributed by atoms with van der Waals surface area (Å²) in [6.07, 6.45) is 0.641. The van der Waals surface area contributed by atoms with Crippen LogP contribution in [0.2, 0.25) is 5.02 Å². The van der Waals surface area contributed by atoms with Gasteiger partial charge in [0.15, 0.2) is 5.17 Å². The van der Waals surface area contributed by atoms with Crippen LogP contribution in [-0.2, 0) is 11.2 Å². The third-order valence-electron chi connectivity index (χ3n) is 3.88. The van der Waals surface area contributed by atoms with Crippen molar-refractivity contribution >= 4 is 40.1 Å². The molecule has 0 aromatic heterocycles. The summed E-state index contributed by atoms with van der Waals surface area (Å²) < 4.78 is 0. The van der Waals surface area contributed by atoms with Crippen LogP contribution in [0.3, 0.4) is 0 Å². The van der Waals surface area contributed by atoms with Crippen LogP contribution >= 0.6 is 23.4 Å². The molecule has 0 aliphatic carbocycles. The van der Waals surface area contributed by atoms with Crippen LogP contribution in [0.1, 0.15) is 30.9 Å². The van der Waals surface area contributed by atoms with E-state index < -0.39 is 0 Å². The fourth-order valence-corrected chi connectivity index (χ4v) is 3.76. The van der Waals surface area contributed by atoms with Gasteiger partial charge in [0, 0.05) is 5.02 Å². The standard InChI is InChI=1S/C19H19ClN2OS/c1-12(2)14-6-8-16(9-7-14)21-19-22-18(23)17(24-19)11-13-4-3-5-15(20)10-13/h3-10,12,17H,11H2,1-2H3,(H,21,22,23)/t17-/m1/s1. The van der Waals surface area contributed by atoms with Gasteiger partial charge in [0.1, 0.15) is 0 Å². The Morgan fingerprint density at radius 2 is 1.96 bits per heavy atom. The number of thioether (sulfide) groups is 1. The fraction of sp³-hybridized carbons (Fsp3) is 0.263. The summed E-state index contributed by atoms with van der Waals surface area (Å²) in [6, 6.07) is 15.7. The van der Waals surface area contributed by atoms with E-state index in [4.69, 9.17) is 11.6 Å². The lowest BCUT2D eigenvalue weighted by Gasteiger charge is -2.05. The maximum Gasteiger partial charge on any atom is 0.239 e. The minimum Gasteiger partial charge on any atom is -0.304 e. The largest absolute Gasteiger partial charge is 0.304 e. The first-order chi connectivity index (χ1) is 11.5. The van der Waals surface area contributed by atoms with E-state index in [-0.39, 0.29) is 11.2 Å². The third kappa shape index (κ3) is 4.19. The summed E-state index contributed by atoms with van der Waals surface area (Å²) in [5.41, 5.74) is 3.18. The zero-order valence-electron chi connectivity index (χ0n) is 13.6. The van der Waals surface area contributed by atoms with Crippen LogP contribution in [0, 0.1) is 0 Å². The minimum absolute atomic E-state index is 0.00229. The molecule has 1 N–H and O–H groups in total. The number of amidine groups is 1. The molecule has 1 aliphatic rings. The normalized spacial score (nSPS) is 19.1. The van der Waals surface area contributed by atoms with Crippen molar-refractivity contribution in [3.05, 3.63) is 64.7 Å². The summed E-state index contributed by atoms with van der Waals surface area (Å²) in [6.45, 7) is 4.32. The Labute approximate surface area is 151 Å². The van der Waals surface area contributed by atoms with E-state index in [2.05, 4.69) is 36.3 Å². The molecule has 2 aromatic rings. The molecule has 124 valence electrons. The van der Waals surface area contributed by atoms with E-state index in [9.17, 15) is 4.79 Å². The van der Waals surface area contributed by atoms with Crippen molar-refractivity contribution in [2.75, 3.05) is 0 Å². The number of amides is 1. The highest BCUT2D eigenvalue weighted by molar-refractivity contribution is 8.15. The van der Waals surface area contributed by atoms with E-state index in [1.165, 1.54) is 17.3 Å². The van der Waals surface area contributed by atoms with Gasteiger partial charge in [-0.15, -0.1) is 0 Å². The maximum absolute atomic E-state index is 12.2.